The summed E-state index contributed by atoms with van der Waals surface area (Å²) < 4.78 is 26.1. The van der Waals surface area contributed by atoms with Gasteiger partial charge in [0.05, 0.1) is 13.7 Å². The highest BCUT2D eigenvalue weighted by Gasteiger charge is 2.25. The van der Waals surface area contributed by atoms with Crippen LogP contribution in [-0.2, 0) is 0 Å². The number of aromatic nitrogens is 2. The van der Waals surface area contributed by atoms with Gasteiger partial charge in [0.1, 0.15) is 30.1 Å². The predicted molar refractivity (Wildman–Crippen MR) is 132 cm³/mol. The number of rotatable bonds is 10. The number of benzene rings is 2. The standard InChI is InChI=1S/C23H25FN8O4/c1-35-15-11-16(18(24)17(12-15)36-10-9-33)19(30-14-5-3-13(4-6-14)20(25)26)21(27)31-23(34)32-22-28-7-2-8-29-22/h2-8,11-12,19,30,33H,9-10H2,1H3,(H3,25,26)(H3,27,28,29,31,32,34). The fraction of sp³-hybridized carbons (Fsp3) is 0.174. The number of amides is 2. The van der Waals surface area contributed by atoms with Gasteiger partial charge in [-0.2, -0.15) is 4.99 Å². The van der Waals surface area contributed by atoms with E-state index in [2.05, 4.69) is 25.6 Å². The zero-order chi connectivity index (χ0) is 26.1. The third-order valence-corrected chi connectivity index (χ3v) is 4.75. The Morgan fingerprint density at radius 3 is 2.53 bits per heavy atom. The third-order valence-electron chi connectivity index (χ3n) is 4.75. The van der Waals surface area contributed by atoms with Crippen LogP contribution in [0.2, 0.25) is 0 Å². The Bertz CT molecular complexity index is 1240. The molecule has 0 bridgehead atoms. The molecule has 8 N–H and O–H groups in total. The molecule has 0 aliphatic heterocycles. The summed E-state index contributed by atoms with van der Waals surface area (Å²) in [7, 11) is 1.39. The van der Waals surface area contributed by atoms with Gasteiger partial charge in [0.25, 0.3) is 0 Å². The average molecular weight is 497 g/mol. The molecule has 0 aliphatic rings. The molecule has 3 aromatic rings. The summed E-state index contributed by atoms with van der Waals surface area (Å²) in [4.78, 5) is 24.1. The van der Waals surface area contributed by atoms with E-state index in [1.807, 2.05) is 0 Å². The molecule has 0 spiro atoms. The van der Waals surface area contributed by atoms with E-state index in [0.717, 1.165) is 0 Å². The molecule has 13 heteroatoms. The molecule has 0 aliphatic carbocycles. The highest BCUT2D eigenvalue weighted by atomic mass is 19.1. The van der Waals surface area contributed by atoms with Crippen LogP contribution in [0, 0.1) is 11.2 Å². The Balaban J connectivity index is 2.02. The minimum absolute atomic E-state index is 0.00984. The molecular weight excluding hydrogens is 471 g/mol. The maximum Gasteiger partial charge on any atom is 0.349 e. The van der Waals surface area contributed by atoms with Crippen LogP contribution in [0.25, 0.3) is 0 Å². The molecule has 0 radical (unpaired) electrons. The first kappa shape index (κ1) is 25.8. The van der Waals surface area contributed by atoms with E-state index in [9.17, 15) is 4.79 Å². The number of hydrogen-bond acceptors (Lipinski definition) is 8. The Labute approximate surface area is 205 Å². The normalized spacial score (nSPS) is 11.9. The summed E-state index contributed by atoms with van der Waals surface area (Å²) in [5.74, 6) is -1.15. The number of carbonyl (C=O) groups excluding carboxylic acids is 1. The van der Waals surface area contributed by atoms with Crippen molar-refractivity contribution in [3.05, 3.63) is 71.8 Å². The third kappa shape index (κ3) is 6.64. The van der Waals surface area contributed by atoms with Crippen molar-refractivity contribution in [3.8, 4) is 11.5 Å². The summed E-state index contributed by atoms with van der Waals surface area (Å²) in [6.45, 7) is -0.487. The van der Waals surface area contributed by atoms with Gasteiger partial charge in [0.2, 0.25) is 5.95 Å². The summed E-state index contributed by atoms with van der Waals surface area (Å²) >= 11 is 0. The minimum Gasteiger partial charge on any atom is -0.497 e. The van der Waals surface area contributed by atoms with E-state index >= 15 is 4.39 Å². The van der Waals surface area contributed by atoms with Crippen LogP contribution < -0.4 is 31.6 Å². The van der Waals surface area contributed by atoms with Crippen LogP contribution >= 0.6 is 0 Å². The van der Waals surface area contributed by atoms with Crippen molar-refractivity contribution < 1.29 is 23.8 Å². The number of ether oxygens (including phenoxy) is 2. The van der Waals surface area contributed by atoms with Gasteiger partial charge in [-0.15, -0.1) is 0 Å². The summed E-state index contributed by atoms with van der Waals surface area (Å²) in [6, 6.07) is 8.63. The first-order chi connectivity index (χ1) is 17.3. The van der Waals surface area contributed by atoms with E-state index in [1.54, 1.807) is 30.3 Å². The molecular formula is C23H25FN8O4. The van der Waals surface area contributed by atoms with E-state index < -0.39 is 17.9 Å². The van der Waals surface area contributed by atoms with Gasteiger partial charge in [-0.25, -0.2) is 19.2 Å². The Hall–Kier alpha value is -4.78. The van der Waals surface area contributed by atoms with Crippen molar-refractivity contribution in [3.63, 3.8) is 0 Å². The van der Waals surface area contributed by atoms with Crippen molar-refractivity contribution in [2.45, 2.75) is 6.04 Å². The Kier molecular flexibility index (Phi) is 8.67. The first-order valence-electron chi connectivity index (χ1n) is 10.6. The number of anilines is 2. The Morgan fingerprint density at radius 1 is 1.22 bits per heavy atom. The molecule has 3 rings (SSSR count). The molecule has 1 heterocycles. The molecule has 0 fully saturated rings. The highest BCUT2D eigenvalue weighted by molar-refractivity contribution is 6.02. The summed E-state index contributed by atoms with van der Waals surface area (Å²) in [5, 5.41) is 22.0. The highest BCUT2D eigenvalue weighted by Crippen LogP contribution is 2.33. The van der Waals surface area contributed by atoms with E-state index in [1.165, 1.54) is 31.6 Å². The number of aliphatic hydroxyl groups is 1. The number of aliphatic hydroxyl groups excluding tert-OH is 1. The van der Waals surface area contributed by atoms with Gasteiger partial charge in [0, 0.05) is 35.3 Å². The van der Waals surface area contributed by atoms with Crippen LogP contribution in [0.5, 0.6) is 11.5 Å². The molecule has 1 aromatic heterocycles. The lowest BCUT2D eigenvalue weighted by molar-refractivity contribution is 0.195. The van der Waals surface area contributed by atoms with Crippen molar-refractivity contribution in [1.82, 2.24) is 9.97 Å². The fourth-order valence-electron chi connectivity index (χ4n) is 3.07. The van der Waals surface area contributed by atoms with Gasteiger partial charge >= 0.3 is 6.03 Å². The van der Waals surface area contributed by atoms with Gasteiger partial charge < -0.3 is 31.4 Å². The van der Waals surface area contributed by atoms with Crippen molar-refractivity contribution in [1.29, 1.82) is 5.41 Å². The molecule has 0 saturated heterocycles. The maximum absolute atomic E-state index is 15.5. The molecule has 0 saturated carbocycles. The van der Waals surface area contributed by atoms with Crippen molar-refractivity contribution in [2.24, 2.45) is 16.5 Å². The second kappa shape index (κ2) is 12.1. The lowest BCUT2D eigenvalue weighted by atomic mass is 10.0. The van der Waals surface area contributed by atoms with Crippen LogP contribution in [0.15, 0.2) is 59.9 Å². The lowest BCUT2D eigenvalue weighted by Gasteiger charge is -2.22. The smallest absolute Gasteiger partial charge is 0.349 e. The minimum atomic E-state index is -1.16. The number of nitrogens with two attached hydrogens (primary N) is 2. The van der Waals surface area contributed by atoms with Crippen molar-refractivity contribution >= 4 is 29.3 Å². The number of aliphatic imine (C=N–C) groups is 1. The van der Waals surface area contributed by atoms with Crippen LogP contribution in [0.1, 0.15) is 17.2 Å². The van der Waals surface area contributed by atoms with E-state index in [-0.39, 0.29) is 47.9 Å². The van der Waals surface area contributed by atoms with Gasteiger partial charge in [-0.3, -0.25) is 10.7 Å². The number of methoxy groups -OCH3 is 1. The maximum atomic E-state index is 15.5. The topological polar surface area (TPSA) is 194 Å². The molecule has 36 heavy (non-hydrogen) atoms. The first-order valence-corrected chi connectivity index (χ1v) is 10.6. The number of urea groups is 1. The van der Waals surface area contributed by atoms with Crippen molar-refractivity contribution in [2.75, 3.05) is 31.0 Å². The average Bonchev–Trinajstić information content (AvgIpc) is 2.87. The molecule has 12 nitrogen and oxygen atoms in total. The number of nitrogens with zero attached hydrogens (tertiary/aromatic N) is 3. The number of nitrogens with one attached hydrogen (secondary N) is 3. The lowest BCUT2D eigenvalue weighted by Crippen LogP contribution is -2.31. The SMILES string of the molecule is COc1cc(OCCO)c(F)c(C(Nc2ccc(C(=N)N)cc2)C(N)=NC(=O)Nc2ncccn2)c1. The number of hydrogen-bond donors (Lipinski definition) is 6. The van der Waals surface area contributed by atoms with E-state index in [0.29, 0.717) is 11.3 Å². The summed E-state index contributed by atoms with van der Waals surface area (Å²) in [5.41, 5.74) is 12.6. The largest absolute Gasteiger partial charge is 0.497 e. The van der Waals surface area contributed by atoms with Crippen LogP contribution in [-0.4, -0.2) is 53.1 Å². The second-order valence-corrected chi connectivity index (χ2v) is 7.21. The number of carbonyl (C=O) groups is 1. The zero-order valence-electron chi connectivity index (χ0n) is 19.2. The number of nitrogen functional groups attached to an aromatic ring is 1. The summed E-state index contributed by atoms with van der Waals surface area (Å²) in [6.07, 6.45) is 2.87. The molecule has 2 aromatic carbocycles. The molecule has 1 atom stereocenters. The monoisotopic (exact) mass is 496 g/mol. The quantitative estimate of drug-likeness (QED) is 0.180. The number of halogens is 1. The zero-order valence-corrected chi connectivity index (χ0v) is 19.2. The fourth-order valence-corrected chi connectivity index (χ4v) is 3.07. The van der Waals surface area contributed by atoms with Gasteiger partial charge in [0.15, 0.2) is 11.6 Å². The second-order valence-electron chi connectivity index (χ2n) is 7.21. The van der Waals surface area contributed by atoms with Crippen LogP contribution in [0.4, 0.5) is 20.8 Å². The molecule has 1 unspecified atom stereocenters. The number of amidine groups is 2. The van der Waals surface area contributed by atoms with Gasteiger partial charge in [-0.1, -0.05) is 0 Å². The molecule has 2 amide bonds. The van der Waals surface area contributed by atoms with E-state index in [4.69, 9.17) is 31.5 Å². The molecule has 188 valence electrons. The van der Waals surface area contributed by atoms with Crippen LogP contribution in [0.3, 0.4) is 0 Å². The van der Waals surface area contributed by atoms with Gasteiger partial charge in [-0.05, 0) is 36.4 Å². The Morgan fingerprint density at radius 2 is 1.92 bits per heavy atom. The predicted octanol–water partition coefficient (Wildman–Crippen LogP) is 2.02.